The Morgan fingerprint density at radius 2 is 2.00 bits per heavy atom. The van der Waals surface area contributed by atoms with Crippen LogP contribution in [0.5, 0.6) is 0 Å². The number of hydrogen-bond donors (Lipinski definition) is 1. The zero-order chi connectivity index (χ0) is 15.0. The number of benzene rings is 1. The largest absolute Gasteiger partial charge is 0.460 e. The van der Waals surface area contributed by atoms with Gasteiger partial charge in [-0.2, -0.15) is 0 Å². The van der Waals surface area contributed by atoms with E-state index in [2.05, 4.69) is 0 Å². The number of anilines is 1. The summed E-state index contributed by atoms with van der Waals surface area (Å²) in [6.07, 6.45) is 0.782. The topological polar surface area (TPSA) is 70.8 Å². The Morgan fingerprint density at radius 3 is 2.65 bits per heavy atom. The minimum absolute atomic E-state index is 0.102. The summed E-state index contributed by atoms with van der Waals surface area (Å²) in [7, 11) is 1.62. The number of ether oxygens (including phenoxy) is 3. The fourth-order valence-corrected chi connectivity index (χ4v) is 1.50. The third-order valence-corrected chi connectivity index (χ3v) is 2.72. The van der Waals surface area contributed by atoms with Gasteiger partial charge in [-0.3, -0.25) is 0 Å². The van der Waals surface area contributed by atoms with E-state index in [1.165, 1.54) is 6.07 Å². The standard InChI is InChI=1S/C14H20FNO4/c1-10-12(15)8-11(9-13(10)16)14(17)20-7-6-19-5-3-4-18-2/h8-9H,3-7,16H2,1-2H3. The van der Waals surface area contributed by atoms with Crippen LogP contribution in [-0.2, 0) is 14.2 Å². The lowest BCUT2D eigenvalue weighted by atomic mass is 10.1. The van der Waals surface area contributed by atoms with E-state index in [1.807, 2.05) is 0 Å². The van der Waals surface area contributed by atoms with Crippen LogP contribution in [0.4, 0.5) is 10.1 Å². The van der Waals surface area contributed by atoms with Crippen LogP contribution >= 0.6 is 0 Å². The summed E-state index contributed by atoms with van der Waals surface area (Å²) in [4.78, 5) is 11.7. The van der Waals surface area contributed by atoms with Gasteiger partial charge >= 0.3 is 5.97 Å². The van der Waals surface area contributed by atoms with Gasteiger partial charge in [-0.25, -0.2) is 9.18 Å². The van der Waals surface area contributed by atoms with Crippen LogP contribution in [0.15, 0.2) is 12.1 Å². The van der Waals surface area contributed by atoms with Gasteiger partial charge in [-0.1, -0.05) is 0 Å². The maximum absolute atomic E-state index is 13.4. The van der Waals surface area contributed by atoms with Gasteiger partial charge in [0.1, 0.15) is 12.4 Å². The predicted octanol–water partition coefficient (Wildman–Crippen LogP) is 1.93. The first-order valence-electron chi connectivity index (χ1n) is 6.35. The Hall–Kier alpha value is -1.66. The lowest BCUT2D eigenvalue weighted by molar-refractivity contribution is 0.0288. The molecule has 0 heterocycles. The highest BCUT2D eigenvalue weighted by Crippen LogP contribution is 2.18. The van der Waals surface area contributed by atoms with Crippen molar-refractivity contribution >= 4 is 11.7 Å². The third-order valence-electron chi connectivity index (χ3n) is 2.72. The molecule has 0 aliphatic carbocycles. The van der Waals surface area contributed by atoms with E-state index in [0.717, 1.165) is 12.5 Å². The molecule has 2 N–H and O–H groups in total. The zero-order valence-corrected chi connectivity index (χ0v) is 11.8. The minimum Gasteiger partial charge on any atom is -0.460 e. The maximum Gasteiger partial charge on any atom is 0.338 e. The summed E-state index contributed by atoms with van der Waals surface area (Å²) in [6, 6.07) is 2.52. The van der Waals surface area contributed by atoms with Crippen molar-refractivity contribution in [2.75, 3.05) is 39.3 Å². The van der Waals surface area contributed by atoms with Gasteiger partial charge in [-0.05, 0) is 25.5 Å². The molecule has 6 heteroatoms. The number of nitrogen functional groups attached to an aromatic ring is 1. The number of halogens is 1. The van der Waals surface area contributed by atoms with Crippen LogP contribution in [0.2, 0.25) is 0 Å². The lowest BCUT2D eigenvalue weighted by Gasteiger charge is -2.08. The molecule has 20 heavy (non-hydrogen) atoms. The van der Waals surface area contributed by atoms with E-state index >= 15 is 0 Å². The van der Waals surface area contributed by atoms with Crippen LogP contribution in [0.3, 0.4) is 0 Å². The van der Waals surface area contributed by atoms with Crippen molar-refractivity contribution in [2.24, 2.45) is 0 Å². The van der Waals surface area contributed by atoms with Crippen LogP contribution in [-0.4, -0.2) is 39.5 Å². The Labute approximate surface area is 117 Å². The molecule has 0 spiro atoms. The van der Waals surface area contributed by atoms with Crippen LogP contribution < -0.4 is 5.73 Å². The summed E-state index contributed by atoms with van der Waals surface area (Å²) in [5.74, 6) is -1.14. The summed E-state index contributed by atoms with van der Waals surface area (Å²) in [6.45, 7) is 3.12. The van der Waals surface area contributed by atoms with Gasteiger partial charge in [0.05, 0.1) is 12.2 Å². The average Bonchev–Trinajstić information content (AvgIpc) is 2.43. The van der Waals surface area contributed by atoms with E-state index in [9.17, 15) is 9.18 Å². The molecule has 112 valence electrons. The Kier molecular flexibility index (Phi) is 6.97. The normalized spacial score (nSPS) is 10.6. The summed E-state index contributed by atoms with van der Waals surface area (Å²) in [5.41, 5.74) is 6.25. The highest BCUT2D eigenvalue weighted by molar-refractivity contribution is 5.90. The van der Waals surface area contributed by atoms with Crippen molar-refractivity contribution in [1.82, 2.24) is 0 Å². The minimum atomic E-state index is -0.615. The number of methoxy groups -OCH3 is 1. The highest BCUT2D eigenvalue weighted by atomic mass is 19.1. The summed E-state index contributed by atoms with van der Waals surface area (Å²) >= 11 is 0. The maximum atomic E-state index is 13.4. The number of carbonyl (C=O) groups is 1. The van der Waals surface area contributed by atoms with Gasteiger partial charge in [0.15, 0.2) is 0 Å². The molecule has 1 aromatic rings. The second-order valence-electron chi connectivity index (χ2n) is 4.27. The number of carbonyl (C=O) groups excluding carboxylic acids is 1. The van der Waals surface area contributed by atoms with Crippen molar-refractivity contribution in [3.63, 3.8) is 0 Å². The first kappa shape index (κ1) is 16.4. The molecule has 0 aliphatic heterocycles. The van der Waals surface area contributed by atoms with Crippen LogP contribution in [0.1, 0.15) is 22.3 Å². The van der Waals surface area contributed by atoms with E-state index in [0.29, 0.717) is 25.4 Å². The van der Waals surface area contributed by atoms with Gasteiger partial charge in [0.25, 0.3) is 0 Å². The van der Waals surface area contributed by atoms with E-state index in [1.54, 1.807) is 14.0 Å². The molecule has 1 aromatic carbocycles. The molecule has 0 amide bonds. The Morgan fingerprint density at radius 1 is 1.25 bits per heavy atom. The third kappa shape index (κ3) is 5.14. The molecular weight excluding hydrogens is 265 g/mol. The molecule has 0 bridgehead atoms. The SMILES string of the molecule is COCCCOCCOC(=O)c1cc(N)c(C)c(F)c1. The monoisotopic (exact) mass is 285 g/mol. The first-order valence-corrected chi connectivity index (χ1v) is 6.35. The van der Waals surface area contributed by atoms with Crippen molar-refractivity contribution < 1.29 is 23.4 Å². The second kappa shape index (κ2) is 8.50. The number of nitrogens with two attached hydrogens (primary N) is 1. The molecule has 0 fully saturated rings. The lowest BCUT2D eigenvalue weighted by Crippen LogP contribution is -2.12. The molecule has 0 unspecified atom stereocenters. The molecule has 0 atom stereocenters. The number of hydrogen-bond acceptors (Lipinski definition) is 5. The smallest absolute Gasteiger partial charge is 0.338 e. The van der Waals surface area contributed by atoms with Crippen molar-refractivity contribution in [1.29, 1.82) is 0 Å². The fourth-order valence-electron chi connectivity index (χ4n) is 1.50. The van der Waals surface area contributed by atoms with Crippen molar-refractivity contribution in [3.05, 3.63) is 29.1 Å². The molecule has 0 aromatic heterocycles. The summed E-state index contributed by atoms with van der Waals surface area (Å²) in [5, 5.41) is 0. The molecule has 0 saturated heterocycles. The number of rotatable bonds is 8. The van der Waals surface area contributed by atoms with Gasteiger partial charge in [-0.15, -0.1) is 0 Å². The van der Waals surface area contributed by atoms with Crippen molar-refractivity contribution in [3.8, 4) is 0 Å². The average molecular weight is 285 g/mol. The highest BCUT2D eigenvalue weighted by Gasteiger charge is 2.12. The molecule has 1 rings (SSSR count). The van der Waals surface area contributed by atoms with E-state index < -0.39 is 11.8 Å². The van der Waals surface area contributed by atoms with Crippen LogP contribution in [0.25, 0.3) is 0 Å². The Balaban J connectivity index is 2.33. The zero-order valence-electron chi connectivity index (χ0n) is 11.8. The molecule has 0 radical (unpaired) electrons. The fraction of sp³-hybridized carbons (Fsp3) is 0.500. The molecule has 5 nitrogen and oxygen atoms in total. The van der Waals surface area contributed by atoms with E-state index in [4.69, 9.17) is 19.9 Å². The molecule has 0 saturated carbocycles. The van der Waals surface area contributed by atoms with Gasteiger partial charge < -0.3 is 19.9 Å². The number of esters is 1. The molecular formula is C14H20FNO4. The van der Waals surface area contributed by atoms with E-state index in [-0.39, 0.29) is 17.9 Å². The van der Waals surface area contributed by atoms with Gasteiger partial charge in [0, 0.05) is 31.6 Å². The quantitative estimate of drug-likeness (QED) is 0.449. The predicted molar refractivity (Wildman–Crippen MR) is 73.1 cm³/mol. The summed E-state index contributed by atoms with van der Waals surface area (Å²) < 4.78 is 28.5. The molecule has 0 aliphatic rings. The van der Waals surface area contributed by atoms with Crippen molar-refractivity contribution in [2.45, 2.75) is 13.3 Å². The van der Waals surface area contributed by atoms with Gasteiger partial charge in [0.2, 0.25) is 0 Å². The van der Waals surface area contributed by atoms with Crippen LogP contribution in [0, 0.1) is 12.7 Å². The second-order valence-corrected chi connectivity index (χ2v) is 4.27. The first-order chi connectivity index (χ1) is 9.56. The Bertz CT molecular complexity index is 428.